The molecule has 3 rings (SSSR count). The fourth-order valence-corrected chi connectivity index (χ4v) is 2.26. The number of carbonyl (C=O) groups excluding carboxylic acids is 1. The molecule has 1 aromatic heterocycles. The molecule has 2 aromatic carbocycles. The molecule has 4 nitrogen and oxygen atoms in total. The summed E-state index contributed by atoms with van der Waals surface area (Å²) in [5.74, 6) is -0.267. The van der Waals surface area contributed by atoms with Gasteiger partial charge in [0.05, 0.1) is 5.71 Å². The lowest BCUT2D eigenvalue weighted by molar-refractivity contribution is 0.0955. The molecule has 0 aliphatic rings. The first-order chi connectivity index (χ1) is 10.6. The standard InChI is InChI=1S/C17H14ClN3O/c1-11(14-3-2-12-8-9-19-16(12)10-14)20-21-17(22)13-4-6-15(18)7-5-13/h2-10,19H,1H3,(H,21,22)/b20-11+. The van der Waals surface area contributed by atoms with Crippen LogP contribution in [0.5, 0.6) is 0 Å². The van der Waals surface area contributed by atoms with Gasteiger partial charge in [0.15, 0.2) is 0 Å². The Bertz CT molecular complexity index is 850. The number of carbonyl (C=O) groups is 1. The highest BCUT2D eigenvalue weighted by Gasteiger charge is 2.05. The maximum absolute atomic E-state index is 12.0. The lowest BCUT2D eigenvalue weighted by atomic mass is 10.1. The first kappa shape index (κ1) is 14.4. The third-order valence-electron chi connectivity index (χ3n) is 3.40. The molecule has 0 saturated heterocycles. The van der Waals surface area contributed by atoms with Gasteiger partial charge in [-0.05, 0) is 54.3 Å². The summed E-state index contributed by atoms with van der Waals surface area (Å²) < 4.78 is 0. The Morgan fingerprint density at radius 3 is 2.59 bits per heavy atom. The first-order valence-electron chi connectivity index (χ1n) is 6.81. The van der Waals surface area contributed by atoms with Crippen molar-refractivity contribution in [3.8, 4) is 0 Å². The number of benzene rings is 2. The molecule has 0 bridgehead atoms. The zero-order valence-corrected chi connectivity index (χ0v) is 12.7. The van der Waals surface area contributed by atoms with E-state index in [-0.39, 0.29) is 5.91 Å². The van der Waals surface area contributed by atoms with Crippen LogP contribution >= 0.6 is 11.6 Å². The van der Waals surface area contributed by atoms with E-state index in [2.05, 4.69) is 15.5 Å². The molecular formula is C17H14ClN3O. The minimum atomic E-state index is -0.267. The normalized spacial score (nSPS) is 11.6. The Hall–Kier alpha value is -2.59. The van der Waals surface area contributed by atoms with Crippen LogP contribution < -0.4 is 5.43 Å². The van der Waals surface area contributed by atoms with Gasteiger partial charge in [0.1, 0.15) is 0 Å². The van der Waals surface area contributed by atoms with Gasteiger partial charge in [-0.1, -0.05) is 23.7 Å². The number of hydrogen-bond donors (Lipinski definition) is 2. The van der Waals surface area contributed by atoms with Gasteiger partial charge in [0.25, 0.3) is 5.91 Å². The van der Waals surface area contributed by atoms with Crippen molar-refractivity contribution in [3.63, 3.8) is 0 Å². The molecule has 3 aromatic rings. The molecule has 0 spiro atoms. The van der Waals surface area contributed by atoms with Crippen molar-refractivity contribution >= 4 is 34.1 Å². The SMILES string of the molecule is C/C(=N\NC(=O)c1ccc(Cl)cc1)c1ccc2cc[nH]c2c1. The van der Waals surface area contributed by atoms with Crippen LogP contribution in [-0.4, -0.2) is 16.6 Å². The Balaban J connectivity index is 1.76. The predicted molar refractivity (Wildman–Crippen MR) is 89.4 cm³/mol. The number of nitrogens with one attached hydrogen (secondary N) is 2. The van der Waals surface area contributed by atoms with Gasteiger partial charge in [-0.15, -0.1) is 0 Å². The molecule has 0 aliphatic carbocycles. The summed E-state index contributed by atoms with van der Waals surface area (Å²) in [7, 11) is 0. The molecule has 2 N–H and O–H groups in total. The summed E-state index contributed by atoms with van der Waals surface area (Å²) in [6, 6.07) is 14.7. The van der Waals surface area contributed by atoms with Gasteiger partial charge < -0.3 is 4.98 Å². The maximum atomic E-state index is 12.0. The van der Waals surface area contributed by atoms with Crippen molar-refractivity contribution in [1.29, 1.82) is 0 Å². The van der Waals surface area contributed by atoms with Crippen molar-refractivity contribution in [2.75, 3.05) is 0 Å². The van der Waals surface area contributed by atoms with E-state index in [0.717, 1.165) is 22.2 Å². The Labute approximate surface area is 132 Å². The molecular weight excluding hydrogens is 298 g/mol. The lowest BCUT2D eigenvalue weighted by Crippen LogP contribution is -2.19. The molecule has 0 aliphatic heterocycles. The zero-order valence-electron chi connectivity index (χ0n) is 11.9. The highest BCUT2D eigenvalue weighted by Crippen LogP contribution is 2.15. The second-order valence-corrected chi connectivity index (χ2v) is 5.36. The molecule has 0 saturated carbocycles. The van der Waals surface area contributed by atoms with Crippen LogP contribution in [0.2, 0.25) is 5.02 Å². The van der Waals surface area contributed by atoms with Crippen LogP contribution in [0.3, 0.4) is 0 Å². The maximum Gasteiger partial charge on any atom is 0.271 e. The van der Waals surface area contributed by atoms with Gasteiger partial charge in [-0.3, -0.25) is 4.79 Å². The number of halogens is 1. The minimum absolute atomic E-state index is 0.267. The van der Waals surface area contributed by atoms with Gasteiger partial charge >= 0.3 is 0 Å². The van der Waals surface area contributed by atoms with E-state index < -0.39 is 0 Å². The van der Waals surface area contributed by atoms with Gasteiger partial charge in [0.2, 0.25) is 0 Å². The summed E-state index contributed by atoms with van der Waals surface area (Å²) in [5, 5.41) is 5.89. The van der Waals surface area contributed by atoms with Crippen molar-refractivity contribution in [2.45, 2.75) is 6.92 Å². The van der Waals surface area contributed by atoms with E-state index in [4.69, 9.17) is 11.6 Å². The number of aromatic amines is 1. The van der Waals surface area contributed by atoms with E-state index in [1.165, 1.54) is 0 Å². The van der Waals surface area contributed by atoms with E-state index >= 15 is 0 Å². The Kier molecular flexibility index (Phi) is 3.94. The summed E-state index contributed by atoms with van der Waals surface area (Å²) in [6.45, 7) is 1.85. The van der Waals surface area contributed by atoms with Crippen molar-refractivity contribution in [3.05, 3.63) is 70.9 Å². The molecule has 0 atom stereocenters. The summed E-state index contributed by atoms with van der Waals surface area (Å²) in [6.07, 6.45) is 1.89. The summed E-state index contributed by atoms with van der Waals surface area (Å²) in [5.41, 5.74) is 5.79. The summed E-state index contributed by atoms with van der Waals surface area (Å²) >= 11 is 5.80. The summed E-state index contributed by atoms with van der Waals surface area (Å²) in [4.78, 5) is 15.2. The van der Waals surface area contributed by atoms with Crippen LogP contribution in [0, 0.1) is 0 Å². The van der Waals surface area contributed by atoms with Crippen LogP contribution in [-0.2, 0) is 0 Å². The van der Waals surface area contributed by atoms with Crippen LogP contribution in [0.15, 0.2) is 59.8 Å². The predicted octanol–water partition coefficient (Wildman–Crippen LogP) is 3.98. The van der Waals surface area contributed by atoms with Crippen LogP contribution in [0.25, 0.3) is 10.9 Å². The van der Waals surface area contributed by atoms with Gasteiger partial charge in [0, 0.05) is 22.3 Å². The molecule has 0 unspecified atom stereocenters. The van der Waals surface area contributed by atoms with Crippen molar-refractivity contribution in [2.24, 2.45) is 5.10 Å². The number of hydrogen-bond acceptors (Lipinski definition) is 2. The largest absolute Gasteiger partial charge is 0.361 e. The van der Waals surface area contributed by atoms with E-state index in [1.54, 1.807) is 24.3 Å². The molecule has 0 fully saturated rings. The second kappa shape index (κ2) is 6.03. The monoisotopic (exact) mass is 311 g/mol. The highest BCUT2D eigenvalue weighted by molar-refractivity contribution is 6.30. The third kappa shape index (κ3) is 3.02. The molecule has 0 radical (unpaired) electrons. The molecule has 1 amide bonds. The van der Waals surface area contributed by atoms with E-state index in [1.807, 2.05) is 37.4 Å². The van der Waals surface area contributed by atoms with Crippen molar-refractivity contribution in [1.82, 2.24) is 10.4 Å². The number of amides is 1. The highest BCUT2D eigenvalue weighted by atomic mass is 35.5. The smallest absolute Gasteiger partial charge is 0.271 e. The number of hydrazone groups is 1. The van der Waals surface area contributed by atoms with Crippen molar-refractivity contribution < 1.29 is 4.79 Å². The minimum Gasteiger partial charge on any atom is -0.361 e. The number of nitrogens with zero attached hydrogens (tertiary/aromatic N) is 1. The number of aromatic nitrogens is 1. The van der Waals surface area contributed by atoms with E-state index in [0.29, 0.717) is 10.6 Å². The fourth-order valence-electron chi connectivity index (χ4n) is 2.14. The molecule has 5 heteroatoms. The Morgan fingerprint density at radius 2 is 1.82 bits per heavy atom. The zero-order chi connectivity index (χ0) is 15.5. The molecule has 1 heterocycles. The molecule has 110 valence electrons. The van der Waals surface area contributed by atoms with Crippen LogP contribution in [0.4, 0.5) is 0 Å². The van der Waals surface area contributed by atoms with Gasteiger partial charge in [-0.2, -0.15) is 5.10 Å². The topological polar surface area (TPSA) is 57.2 Å². The number of H-pyrrole nitrogens is 1. The quantitative estimate of drug-likeness (QED) is 0.558. The molecule has 22 heavy (non-hydrogen) atoms. The first-order valence-corrected chi connectivity index (χ1v) is 7.19. The Morgan fingerprint density at radius 1 is 1.09 bits per heavy atom. The number of rotatable bonds is 3. The number of fused-ring (bicyclic) bond motifs is 1. The third-order valence-corrected chi connectivity index (χ3v) is 3.66. The lowest BCUT2D eigenvalue weighted by Gasteiger charge is -2.04. The van der Waals surface area contributed by atoms with Crippen LogP contribution in [0.1, 0.15) is 22.8 Å². The average Bonchev–Trinajstić information content (AvgIpc) is 3.00. The average molecular weight is 312 g/mol. The van der Waals surface area contributed by atoms with Gasteiger partial charge in [-0.25, -0.2) is 5.43 Å². The van der Waals surface area contributed by atoms with E-state index in [9.17, 15) is 4.79 Å². The second-order valence-electron chi connectivity index (χ2n) is 4.92. The fraction of sp³-hybridized carbons (Fsp3) is 0.0588.